The molecule has 3 unspecified atom stereocenters. The monoisotopic (exact) mass is 411 g/mol. The van der Waals surface area contributed by atoms with E-state index in [2.05, 4.69) is 5.32 Å². The van der Waals surface area contributed by atoms with Gasteiger partial charge in [-0.05, 0) is 18.6 Å². The van der Waals surface area contributed by atoms with Gasteiger partial charge in [0.05, 0.1) is 39.0 Å². The predicted molar refractivity (Wildman–Crippen MR) is 99.4 cm³/mol. The third kappa shape index (κ3) is 3.45. The Bertz CT molecular complexity index is 794. The molecule has 28 heavy (non-hydrogen) atoms. The molecule has 1 heterocycles. The summed E-state index contributed by atoms with van der Waals surface area (Å²) in [6.45, 7) is 0.941. The first-order valence-corrected chi connectivity index (χ1v) is 8.93. The van der Waals surface area contributed by atoms with E-state index in [-0.39, 0.29) is 17.2 Å². The molecule has 1 aliphatic rings. The number of halogens is 1. The normalized spacial score (nSPS) is 23.8. The van der Waals surface area contributed by atoms with Crippen molar-refractivity contribution in [2.45, 2.75) is 18.9 Å². The Hall–Kier alpha value is -2.58. The van der Waals surface area contributed by atoms with Crippen LogP contribution in [0.2, 0.25) is 5.02 Å². The van der Waals surface area contributed by atoms with Gasteiger partial charge in [0.15, 0.2) is 5.41 Å². The van der Waals surface area contributed by atoms with E-state index in [1.165, 1.54) is 13.3 Å². The average Bonchev–Trinajstić information content (AvgIpc) is 2.71. The zero-order valence-electron chi connectivity index (χ0n) is 15.7. The lowest BCUT2D eigenvalue weighted by molar-refractivity contribution is -0.176. The van der Waals surface area contributed by atoms with Crippen LogP contribution in [-0.2, 0) is 28.6 Å². The minimum atomic E-state index is -2.11. The maximum atomic E-state index is 13.1. The molecule has 3 atom stereocenters. The third-order valence-electron chi connectivity index (χ3n) is 4.71. The van der Waals surface area contributed by atoms with E-state index >= 15 is 0 Å². The summed E-state index contributed by atoms with van der Waals surface area (Å²) in [7, 11) is 2.28. The van der Waals surface area contributed by atoms with Crippen LogP contribution in [0.5, 0.6) is 0 Å². The summed E-state index contributed by atoms with van der Waals surface area (Å²) < 4.78 is 15.0. The fourth-order valence-corrected chi connectivity index (χ4v) is 3.73. The Labute approximate surface area is 167 Å². The molecular weight excluding hydrogens is 390 g/mol. The van der Waals surface area contributed by atoms with E-state index in [1.54, 1.807) is 31.2 Å². The molecule has 0 saturated carbocycles. The number of rotatable bonds is 6. The Morgan fingerprint density at radius 1 is 1.18 bits per heavy atom. The van der Waals surface area contributed by atoms with Gasteiger partial charge in [-0.15, -0.1) is 0 Å². The van der Waals surface area contributed by atoms with Gasteiger partial charge in [-0.1, -0.05) is 29.8 Å². The Morgan fingerprint density at radius 2 is 1.86 bits per heavy atom. The van der Waals surface area contributed by atoms with Crippen LogP contribution in [0.4, 0.5) is 0 Å². The molecule has 8 nitrogen and oxygen atoms in total. The van der Waals surface area contributed by atoms with Gasteiger partial charge in [0.2, 0.25) is 0 Å². The number of aliphatic hydroxyl groups excluding tert-OH is 1. The highest BCUT2D eigenvalue weighted by Gasteiger charge is 2.64. The van der Waals surface area contributed by atoms with Crippen molar-refractivity contribution in [1.29, 1.82) is 0 Å². The highest BCUT2D eigenvalue weighted by molar-refractivity contribution is 6.31. The summed E-state index contributed by atoms with van der Waals surface area (Å²) in [6.07, 6.45) is 1.31. The minimum Gasteiger partial charge on any atom is -0.468 e. The van der Waals surface area contributed by atoms with Crippen LogP contribution in [0.1, 0.15) is 18.4 Å². The van der Waals surface area contributed by atoms with Crippen LogP contribution in [0.15, 0.2) is 36.0 Å². The van der Waals surface area contributed by atoms with Gasteiger partial charge in [-0.3, -0.25) is 9.59 Å². The molecule has 9 heteroatoms. The van der Waals surface area contributed by atoms with Crippen molar-refractivity contribution >= 4 is 29.5 Å². The van der Waals surface area contributed by atoms with Crippen molar-refractivity contribution in [2.24, 2.45) is 5.41 Å². The highest BCUT2D eigenvalue weighted by atomic mass is 35.5. The maximum Gasteiger partial charge on any atom is 0.335 e. The van der Waals surface area contributed by atoms with Crippen molar-refractivity contribution in [3.63, 3.8) is 0 Å². The summed E-state index contributed by atoms with van der Waals surface area (Å²) in [5, 5.41) is 12.9. The number of esters is 3. The van der Waals surface area contributed by atoms with E-state index in [0.29, 0.717) is 5.56 Å². The van der Waals surface area contributed by atoms with Gasteiger partial charge in [-0.2, -0.15) is 0 Å². The van der Waals surface area contributed by atoms with E-state index in [9.17, 15) is 19.5 Å². The Kier molecular flexibility index (Phi) is 7.04. The lowest BCUT2D eigenvalue weighted by atomic mass is 9.62. The average molecular weight is 412 g/mol. The second-order valence-electron chi connectivity index (χ2n) is 6.03. The Morgan fingerprint density at radius 3 is 2.39 bits per heavy atom. The van der Waals surface area contributed by atoms with Crippen LogP contribution >= 0.6 is 11.6 Å². The molecule has 0 fully saturated rings. The molecule has 0 saturated heterocycles. The Balaban J connectivity index is 2.89. The fraction of sp³-hybridized carbons (Fsp3) is 0.421. The predicted octanol–water partition coefficient (Wildman–Crippen LogP) is 1.17. The SMILES string of the molecule is CCOC(=O)C1(C(=O)OC)C(CO)NC=C(C(=O)OC)C1c1ccccc1Cl. The van der Waals surface area contributed by atoms with Gasteiger partial charge in [0, 0.05) is 17.1 Å². The molecule has 0 aromatic heterocycles. The molecule has 0 aliphatic carbocycles. The number of carbonyl (C=O) groups is 3. The first kappa shape index (κ1) is 21.7. The standard InChI is InChI=1S/C19H22ClNO7/c1-4-28-18(25)19(17(24)27-3)14(10-22)21-9-12(16(23)26-2)15(19)11-7-5-6-8-13(11)20/h5-9,14-15,21-22H,4,10H2,1-3H3. The first-order valence-electron chi connectivity index (χ1n) is 8.55. The number of methoxy groups -OCH3 is 2. The van der Waals surface area contributed by atoms with Gasteiger partial charge in [-0.25, -0.2) is 4.79 Å². The molecule has 2 rings (SSSR count). The van der Waals surface area contributed by atoms with Crippen LogP contribution in [-0.4, -0.2) is 56.5 Å². The first-order chi connectivity index (χ1) is 13.4. The largest absolute Gasteiger partial charge is 0.468 e. The molecule has 152 valence electrons. The van der Waals surface area contributed by atoms with Crippen molar-refractivity contribution < 1.29 is 33.7 Å². The van der Waals surface area contributed by atoms with Crippen LogP contribution in [0, 0.1) is 5.41 Å². The second kappa shape index (κ2) is 9.07. The zero-order chi connectivity index (χ0) is 20.9. The molecule has 0 amide bonds. The van der Waals surface area contributed by atoms with Crippen LogP contribution in [0.25, 0.3) is 0 Å². The van der Waals surface area contributed by atoms with Gasteiger partial charge >= 0.3 is 17.9 Å². The van der Waals surface area contributed by atoms with Crippen molar-refractivity contribution in [1.82, 2.24) is 5.32 Å². The molecule has 1 aromatic rings. The van der Waals surface area contributed by atoms with E-state index in [0.717, 1.165) is 7.11 Å². The van der Waals surface area contributed by atoms with Crippen LogP contribution in [0.3, 0.4) is 0 Å². The summed E-state index contributed by atoms with van der Waals surface area (Å²) >= 11 is 6.35. The lowest BCUT2D eigenvalue weighted by Gasteiger charge is -2.44. The molecule has 1 aliphatic heterocycles. The minimum absolute atomic E-state index is 0.0256. The molecule has 0 spiro atoms. The maximum absolute atomic E-state index is 13.1. The van der Waals surface area contributed by atoms with Crippen molar-refractivity contribution in [3.8, 4) is 0 Å². The van der Waals surface area contributed by atoms with Gasteiger partial charge < -0.3 is 24.6 Å². The number of aliphatic hydroxyl groups is 1. The fourth-order valence-electron chi connectivity index (χ4n) is 3.49. The molecule has 2 N–H and O–H groups in total. The molecule has 1 aromatic carbocycles. The molecule has 0 bridgehead atoms. The quantitative estimate of drug-likeness (QED) is 0.407. The van der Waals surface area contributed by atoms with E-state index in [4.69, 9.17) is 25.8 Å². The molecular formula is C19H22ClNO7. The van der Waals surface area contributed by atoms with E-state index < -0.39 is 41.9 Å². The number of nitrogens with one attached hydrogen (secondary N) is 1. The zero-order valence-corrected chi connectivity index (χ0v) is 16.5. The topological polar surface area (TPSA) is 111 Å². The van der Waals surface area contributed by atoms with Crippen molar-refractivity contribution in [2.75, 3.05) is 27.4 Å². The number of ether oxygens (including phenoxy) is 3. The van der Waals surface area contributed by atoms with E-state index in [1.807, 2.05) is 0 Å². The lowest BCUT2D eigenvalue weighted by Crippen LogP contribution is -2.62. The van der Waals surface area contributed by atoms with Gasteiger partial charge in [0.25, 0.3) is 0 Å². The highest BCUT2D eigenvalue weighted by Crippen LogP contribution is 2.50. The number of carbonyl (C=O) groups excluding carboxylic acids is 3. The van der Waals surface area contributed by atoms with Crippen molar-refractivity contribution in [3.05, 3.63) is 46.6 Å². The second-order valence-corrected chi connectivity index (χ2v) is 6.44. The summed E-state index contributed by atoms with van der Waals surface area (Å²) in [5.41, 5.74) is -1.82. The number of hydrogen-bond donors (Lipinski definition) is 2. The molecule has 0 radical (unpaired) electrons. The summed E-state index contributed by atoms with van der Waals surface area (Å²) in [5.74, 6) is -3.91. The smallest absolute Gasteiger partial charge is 0.335 e. The summed E-state index contributed by atoms with van der Waals surface area (Å²) in [4.78, 5) is 38.7. The third-order valence-corrected chi connectivity index (χ3v) is 5.06. The number of benzene rings is 1. The summed E-state index contributed by atoms with van der Waals surface area (Å²) in [6, 6.07) is 5.34. The van der Waals surface area contributed by atoms with Gasteiger partial charge in [0.1, 0.15) is 0 Å². The number of hydrogen-bond acceptors (Lipinski definition) is 8. The van der Waals surface area contributed by atoms with Crippen LogP contribution < -0.4 is 5.32 Å².